The molecular weight excluding hydrogens is 457 g/mol. The van der Waals surface area contributed by atoms with Gasteiger partial charge in [0.25, 0.3) is 0 Å². The zero-order valence-electron chi connectivity index (χ0n) is 15.4. The van der Waals surface area contributed by atoms with Crippen LogP contribution in [-0.2, 0) is 6.54 Å². The normalized spacial score (nSPS) is 11.1. The Morgan fingerprint density at radius 2 is 1.96 bits per heavy atom. The van der Waals surface area contributed by atoms with E-state index in [1.807, 2.05) is 18.2 Å². The van der Waals surface area contributed by atoms with Crippen LogP contribution in [0.2, 0.25) is 0 Å². The van der Waals surface area contributed by atoms with Crippen molar-refractivity contribution >= 4 is 40.7 Å². The standard InChI is InChI=1S/C19H23N5O2.HI/c1-14-23-18(26-24-14)13-22-19(20-2)21-10-5-11-25-17-9-8-15-6-3-4-7-16(15)12-17;/h3-4,6-9,12H,5,10-11,13H2,1-2H3,(H2,20,21,22);1H. The van der Waals surface area contributed by atoms with Crippen molar-refractivity contribution in [3.8, 4) is 5.75 Å². The molecule has 0 radical (unpaired) electrons. The number of nitrogens with zero attached hydrogens (tertiary/aromatic N) is 3. The SMILES string of the molecule is CN=C(NCCCOc1ccc2ccccc2c1)NCc1nc(C)no1.I. The number of rotatable bonds is 7. The van der Waals surface area contributed by atoms with E-state index >= 15 is 0 Å². The number of fused-ring (bicyclic) bond motifs is 1. The van der Waals surface area contributed by atoms with Gasteiger partial charge in [0.1, 0.15) is 5.75 Å². The summed E-state index contributed by atoms with van der Waals surface area (Å²) in [6, 6.07) is 14.4. The fourth-order valence-corrected chi connectivity index (χ4v) is 2.52. The minimum Gasteiger partial charge on any atom is -0.494 e. The molecule has 0 aliphatic carbocycles. The summed E-state index contributed by atoms with van der Waals surface area (Å²) in [5, 5.41) is 12.5. The van der Waals surface area contributed by atoms with Crippen LogP contribution in [0.3, 0.4) is 0 Å². The quantitative estimate of drug-likeness (QED) is 0.233. The molecule has 0 atom stereocenters. The first kappa shape index (κ1) is 20.9. The van der Waals surface area contributed by atoms with Crippen molar-refractivity contribution in [2.24, 2.45) is 4.99 Å². The van der Waals surface area contributed by atoms with Gasteiger partial charge in [-0.1, -0.05) is 35.5 Å². The van der Waals surface area contributed by atoms with Crippen LogP contribution < -0.4 is 15.4 Å². The largest absolute Gasteiger partial charge is 0.494 e. The fraction of sp³-hybridized carbons (Fsp3) is 0.316. The molecule has 1 heterocycles. The summed E-state index contributed by atoms with van der Waals surface area (Å²) in [6.45, 7) is 3.60. The Morgan fingerprint density at radius 3 is 2.70 bits per heavy atom. The molecule has 0 aliphatic heterocycles. The van der Waals surface area contributed by atoms with E-state index in [-0.39, 0.29) is 24.0 Å². The summed E-state index contributed by atoms with van der Waals surface area (Å²) in [5.74, 6) is 2.73. The Bertz CT molecular complexity index is 881. The molecule has 2 aromatic carbocycles. The average molecular weight is 481 g/mol. The number of aromatic nitrogens is 2. The van der Waals surface area contributed by atoms with Crippen molar-refractivity contribution < 1.29 is 9.26 Å². The van der Waals surface area contributed by atoms with Crippen molar-refractivity contribution in [3.05, 3.63) is 54.2 Å². The van der Waals surface area contributed by atoms with Crippen LogP contribution in [0.5, 0.6) is 5.75 Å². The maximum absolute atomic E-state index is 5.83. The number of guanidine groups is 1. The zero-order chi connectivity index (χ0) is 18.2. The summed E-state index contributed by atoms with van der Waals surface area (Å²) in [6.07, 6.45) is 0.854. The topological polar surface area (TPSA) is 84.6 Å². The molecule has 1 aromatic heterocycles. The number of halogens is 1. The third-order valence-electron chi connectivity index (χ3n) is 3.80. The van der Waals surface area contributed by atoms with Crippen LogP contribution >= 0.6 is 24.0 Å². The average Bonchev–Trinajstić information content (AvgIpc) is 3.09. The molecule has 3 rings (SSSR count). The van der Waals surface area contributed by atoms with E-state index in [4.69, 9.17) is 9.26 Å². The second-order valence-corrected chi connectivity index (χ2v) is 5.80. The number of ether oxygens (including phenoxy) is 1. The first-order valence-electron chi connectivity index (χ1n) is 8.60. The Kier molecular flexibility index (Phi) is 8.31. The second-order valence-electron chi connectivity index (χ2n) is 5.80. The van der Waals surface area contributed by atoms with Gasteiger partial charge in [0.15, 0.2) is 11.8 Å². The second kappa shape index (κ2) is 10.7. The molecule has 0 saturated heterocycles. The van der Waals surface area contributed by atoms with Gasteiger partial charge in [-0.15, -0.1) is 24.0 Å². The van der Waals surface area contributed by atoms with Gasteiger partial charge in [0.2, 0.25) is 5.89 Å². The number of aliphatic imine (C=N–C) groups is 1. The first-order chi connectivity index (χ1) is 12.7. The Labute approximate surface area is 175 Å². The van der Waals surface area contributed by atoms with Crippen LogP contribution in [0.4, 0.5) is 0 Å². The van der Waals surface area contributed by atoms with Crippen LogP contribution in [0.1, 0.15) is 18.1 Å². The number of benzene rings is 2. The lowest BCUT2D eigenvalue weighted by atomic mass is 10.1. The lowest BCUT2D eigenvalue weighted by molar-refractivity contribution is 0.311. The Balaban J connectivity index is 0.00000261. The highest BCUT2D eigenvalue weighted by Crippen LogP contribution is 2.20. The van der Waals surface area contributed by atoms with E-state index in [0.29, 0.717) is 30.8 Å². The Hall–Kier alpha value is -2.36. The van der Waals surface area contributed by atoms with Gasteiger partial charge < -0.3 is 19.9 Å². The minimum atomic E-state index is 0. The molecule has 0 unspecified atom stereocenters. The molecule has 0 amide bonds. The number of nitrogens with one attached hydrogen (secondary N) is 2. The molecule has 0 bridgehead atoms. The summed E-state index contributed by atoms with van der Waals surface area (Å²) in [7, 11) is 1.72. The molecule has 0 fully saturated rings. The monoisotopic (exact) mass is 481 g/mol. The highest BCUT2D eigenvalue weighted by molar-refractivity contribution is 14.0. The summed E-state index contributed by atoms with van der Waals surface area (Å²) in [4.78, 5) is 8.30. The van der Waals surface area contributed by atoms with Crippen LogP contribution in [0, 0.1) is 6.92 Å². The van der Waals surface area contributed by atoms with E-state index in [9.17, 15) is 0 Å². The van der Waals surface area contributed by atoms with Crippen LogP contribution in [-0.4, -0.2) is 36.3 Å². The molecule has 2 N–H and O–H groups in total. The maximum Gasteiger partial charge on any atom is 0.246 e. The van der Waals surface area contributed by atoms with Crippen molar-refractivity contribution in [1.82, 2.24) is 20.8 Å². The highest BCUT2D eigenvalue weighted by Gasteiger charge is 2.04. The van der Waals surface area contributed by atoms with Crippen molar-refractivity contribution in [3.63, 3.8) is 0 Å². The molecule has 0 aliphatic rings. The predicted octanol–water partition coefficient (Wildman–Crippen LogP) is 3.28. The Morgan fingerprint density at radius 1 is 1.15 bits per heavy atom. The third-order valence-corrected chi connectivity index (χ3v) is 3.80. The van der Waals surface area contributed by atoms with Crippen LogP contribution in [0.25, 0.3) is 10.8 Å². The third kappa shape index (κ3) is 6.38. The summed E-state index contributed by atoms with van der Waals surface area (Å²) in [5.41, 5.74) is 0. The van der Waals surface area contributed by atoms with Gasteiger partial charge in [-0.3, -0.25) is 4.99 Å². The first-order valence-corrected chi connectivity index (χ1v) is 8.60. The van der Waals surface area contributed by atoms with E-state index in [1.165, 1.54) is 10.8 Å². The van der Waals surface area contributed by atoms with E-state index in [2.05, 4.69) is 50.0 Å². The molecule has 7 nitrogen and oxygen atoms in total. The number of aryl methyl sites for hydroxylation is 1. The van der Waals surface area contributed by atoms with Gasteiger partial charge in [-0.05, 0) is 36.2 Å². The van der Waals surface area contributed by atoms with Gasteiger partial charge >= 0.3 is 0 Å². The zero-order valence-corrected chi connectivity index (χ0v) is 17.8. The fourth-order valence-electron chi connectivity index (χ4n) is 2.52. The van der Waals surface area contributed by atoms with E-state index < -0.39 is 0 Å². The van der Waals surface area contributed by atoms with Gasteiger partial charge in [-0.2, -0.15) is 4.98 Å². The lowest BCUT2D eigenvalue weighted by Gasteiger charge is -2.11. The highest BCUT2D eigenvalue weighted by atomic mass is 127. The van der Waals surface area contributed by atoms with E-state index in [0.717, 1.165) is 18.7 Å². The van der Waals surface area contributed by atoms with Crippen molar-refractivity contribution in [2.45, 2.75) is 19.9 Å². The molecule has 0 saturated carbocycles. The maximum atomic E-state index is 5.83. The molecule has 8 heteroatoms. The minimum absolute atomic E-state index is 0. The van der Waals surface area contributed by atoms with Gasteiger partial charge in [-0.25, -0.2) is 0 Å². The van der Waals surface area contributed by atoms with Gasteiger partial charge in [0.05, 0.1) is 13.2 Å². The number of hydrogen-bond donors (Lipinski definition) is 2. The van der Waals surface area contributed by atoms with Crippen LogP contribution in [0.15, 0.2) is 52.0 Å². The predicted molar refractivity (Wildman–Crippen MR) is 117 cm³/mol. The summed E-state index contributed by atoms with van der Waals surface area (Å²) >= 11 is 0. The van der Waals surface area contributed by atoms with Crippen molar-refractivity contribution in [1.29, 1.82) is 0 Å². The number of hydrogen-bond acceptors (Lipinski definition) is 5. The van der Waals surface area contributed by atoms with Crippen molar-refractivity contribution in [2.75, 3.05) is 20.2 Å². The molecular formula is C19H24IN5O2. The van der Waals surface area contributed by atoms with E-state index in [1.54, 1.807) is 14.0 Å². The molecule has 144 valence electrons. The summed E-state index contributed by atoms with van der Waals surface area (Å²) < 4.78 is 10.9. The lowest BCUT2D eigenvalue weighted by Crippen LogP contribution is -2.37. The molecule has 27 heavy (non-hydrogen) atoms. The smallest absolute Gasteiger partial charge is 0.246 e. The molecule has 0 spiro atoms. The molecule has 3 aromatic rings. The van der Waals surface area contributed by atoms with Gasteiger partial charge in [0, 0.05) is 13.6 Å².